The summed E-state index contributed by atoms with van der Waals surface area (Å²) in [6.45, 7) is 0. The number of benzene rings is 2. The van der Waals surface area contributed by atoms with Gasteiger partial charge in [0, 0.05) is 10.2 Å². The molecule has 1 heterocycles. The van der Waals surface area contributed by atoms with E-state index in [1.54, 1.807) is 6.07 Å². The van der Waals surface area contributed by atoms with Crippen LogP contribution in [0.25, 0.3) is 0 Å². The Morgan fingerprint density at radius 1 is 1.26 bits per heavy atom. The third-order valence-electron chi connectivity index (χ3n) is 3.46. The smallest absolute Gasteiger partial charge is 0.0994 e. The summed E-state index contributed by atoms with van der Waals surface area (Å²) in [6.07, 6.45) is 0.253. The topological polar surface area (TPSA) is 32.3 Å². The second kappa shape index (κ2) is 5.16. The Morgan fingerprint density at radius 2 is 2.05 bits per heavy atom. The Balaban J connectivity index is 1.82. The molecule has 19 heavy (non-hydrogen) atoms. The van der Waals surface area contributed by atoms with Gasteiger partial charge in [-0.1, -0.05) is 35.9 Å². The van der Waals surface area contributed by atoms with E-state index in [9.17, 15) is 5.11 Å². The van der Waals surface area contributed by atoms with Gasteiger partial charge in [0.05, 0.1) is 17.2 Å². The Hall–Kier alpha value is -1.03. The molecule has 4 heteroatoms. The fourth-order valence-corrected chi connectivity index (χ4v) is 2.88. The molecule has 1 aliphatic heterocycles. The average molecular weight is 339 g/mol. The van der Waals surface area contributed by atoms with Gasteiger partial charge >= 0.3 is 0 Å². The minimum atomic E-state index is -0.571. The largest absolute Gasteiger partial charge is 0.386 e. The van der Waals surface area contributed by atoms with Crippen molar-refractivity contribution in [3.05, 3.63) is 63.1 Å². The van der Waals surface area contributed by atoms with Crippen molar-refractivity contribution in [2.45, 2.75) is 18.6 Å². The molecule has 0 spiro atoms. The predicted octanol–water partition coefficient (Wildman–Crippen LogP) is 4.17. The third kappa shape index (κ3) is 2.50. The number of rotatable bonds is 2. The molecule has 2 N–H and O–H groups in total. The highest BCUT2D eigenvalue weighted by atomic mass is 79.9. The van der Waals surface area contributed by atoms with E-state index >= 15 is 0 Å². The number of halogens is 2. The van der Waals surface area contributed by atoms with Gasteiger partial charge in [0.15, 0.2) is 0 Å². The Labute approximate surface area is 125 Å². The molecular formula is C15H13BrClNO. The summed E-state index contributed by atoms with van der Waals surface area (Å²) in [6, 6.07) is 13.7. The first kappa shape index (κ1) is 13.0. The first-order chi connectivity index (χ1) is 9.15. The summed E-state index contributed by atoms with van der Waals surface area (Å²) in [7, 11) is 0. The second-order valence-electron chi connectivity index (χ2n) is 4.73. The van der Waals surface area contributed by atoms with Crippen molar-refractivity contribution in [2.24, 2.45) is 0 Å². The molecule has 2 aromatic carbocycles. The predicted molar refractivity (Wildman–Crippen MR) is 81.7 cm³/mol. The number of aliphatic hydroxyl groups is 1. The quantitative estimate of drug-likeness (QED) is 0.861. The molecule has 0 bridgehead atoms. The van der Waals surface area contributed by atoms with Gasteiger partial charge in [-0.3, -0.25) is 0 Å². The lowest BCUT2D eigenvalue weighted by Crippen LogP contribution is -2.24. The van der Waals surface area contributed by atoms with Crippen molar-refractivity contribution in [3.8, 4) is 0 Å². The maximum Gasteiger partial charge on any atom is 0.0994 e. The number of aliphatic hydroxyl groups excluding tert-OH is 1. The molecule has 1 aliphatic rings. The van der Waals surface area contributed by atoms with Crippen molar-refractivity contribution in [1.29, 1.82) is 0 Å². The summed E-state index contributed by atoms with van der Waals surface area (Å²) >= 11 is 9.43. The van der Waals surface area contributed by atoms with Gasteiger partial charge < -0.3 is 10.4 Å². The molecule has 2 atom stereocenters. The maximum absolute atomic E-state index is 10.5. The molecule has 0 fully saturated rings. The lowest BCUT2D eigenvalue weighted by atomic mass is 9.99. The fraction of sp³-hybridized carbons (Fsp3) is 0.200. The standard InChI is InChI=1S/C15H13BrClNO/c16-11-6-5-10(7-12(11)17)15(19)14-8-9-3-1-2-4-13(9)18-14/h1-7,14-15,18-19H,8H2. The Bertz CT molecular complexity index is 592. The molecule has 0 amide bonds. The first-order valence-electron chi connectivity index (χ1n) is 6.12. The summed E-state index contributed by atoms with van der Waals surface area (Å²) in [5.41, 5.74) is 3.18. The van der Waals surface area contributed by atoms with Crippen LogP contribution in [0.15, 0.2) is 46.9 Å². The molecule has 2 aromatic rings. The molecule has 0 aliphatic carbocycles. The summed E-state index contributed by atoms with van der Waals surface area (Å²) in [4.78, 5) is 0. The van der Waals surface area contributed by atoms with Crippen LogP contribution in [-0.2, 0) is 6.42 Å². The lowest BCUT2D eigenvalue weighted by Gasteiger charge is -2.19. The molecule has 2 unspecified atom stereocenters. The van der Waals surface area contributed by atoms with Crippen LogP contribution in [0.3, 0.4) is 0 Å². The molecule has 0 aromatic heterocycles. The van der Waals surface area contributed by atoms with Gasteiger partial charge in [-0.25, -0.2) is 0 Å². The van der Waals surface area contributed by atoms with Gasteiger partial charge in [-0.2, -0.15) is 0 Å². The van der Waals surface area contributed by atoms with Gasteiger partial charge in [0.1, 0.15) is 0 Å². The summed E-state index contributed by atoms with van der Waals surface area (Å²) < 4.78 is 0.841. The molecule has 0 saturated carbocycles. The van der Waals surface area contributed by atoms with Gasteiger partial charge in [0.25, 0.3) is 0 Å². The highest BCUT2D eigenvalue weighted by Crippen LogP contribution is 2.33. The highest BCUT2D eigenvalue weighted by Gasteiger charge is 2.27. The zero-order chi connectivity index (χ0) is 13.4. The SMILES string of the molecule is OC(c1ccc(Br)c(Cl)c1)C1Cc2ccccc2N1. The van der Waals surface area contributed by atoms with Crippen LogP contribution in [0.5, 0.6) is 0 Å². The minimum Gasteiger partial charge on any atom is -0.386 e. The van der Waals surface area contributed by atoms with Crippen molar-refractivity contribution >= 4 is 33.2 Å². The normalized spacial score (nSPS) is 18.8. The zero-order valence-electron chi connectivity index (χ0n) is 10.1. The van der Waals surface area contributed by atoms with Crippen LogP contribution in [0, 0.1) is 0 Å². The van der Waals surface area contributed by atoms with E-state index in [2.05, 4.69) is 27.3 Å². The van der Waals surface area contributed by atoms with E-state index in [4.69, 9.17) is 11.6 Å². The van der Waals surface area contributed by atoms with Crippen molar-refractivity contribution < 1.29 is 5.11 Å². The van der Waals surface area contributed by atoms with Crippen molar-refractivity contribution in [3.63, 3.8) is 0 Å². The van der Waals surface area contributed by atoms with Crippen LogP contribution in [0.4, 0.5) is 5.69 Å². The molecule has 3 rings (SSSR count). The first-order valence-corrected chi connectivity index (χ1v) is 7.29. The lowest BCUT2D eigenvalue weighted by molar-refractivity contribution is 0.156. The van der Waals surface area contributed by atoms with Crippen LogP contribution >= 0.6 is 27.5 Å². The number of nitrogens with one attached hydrogen (secondary N) is 1. The average Bonchev–Trinajstić information content (AvgIpc) is 2.85. The van der Waals surface area contributed by atoms with Crippen LogP contribution < -0.4 is 5.32 Å². The monoisotopic (exact) mass is 337 g/mol. The number of para-hydroxylation sites is 1. The van der Waals surface area contributed by atoms with Crippen molar-refractivity contribution in [1.82, 2.24) is 0 Å². The van der Waals surface area contributed by atoms with E-state index < -0.39 is 6.10 Å². The zero-order valence-corrected chi connectivity index (χ0v) is 12.4. The van der Waals surface area contributed by atoms with E-state index in [-0.39, 0.29) is 6.04 Å². The third-order valence-corrected chi connectivity index (χ3v) is 4.70. The molecule has 0 saturated heterocycles. The van der Waals surface area contributed by atoms with Gasteiger partial charge in [0.2, 0.25) is 0 Å². The Kier molecular flexibility index (Phi) is 3.52. The van der Waals surface area contributed by atoms with Gasteiger partial charge in [-0.05, 0) is 51.7 Å². The van der Waals surface area contributed by atoms with E-state index in [1.807, 2.05) is 30.3 Å². The second-order valence-corrected chi connectivity index (χ2v) is 5.99. The van der Waals surface area contributed by atoms with E-state index in [0.717, 1.165) is 22.1 Å². The van der Waals surface area contributed by atoms with E-state index in [1.165, 1.54) is 5.56 Å². The minimum absolute atomic E-state index is 0.00496. The fourth-order valence-electron chi connectivity index (χ4n) is 2.45. The number of hydrogen-bond donors (Lipinski definition) is 2. The Morgan fingerprint density at radius 3 is 2.79 bits per heavy atom. The molecule has 98 valence electrons. The number of anilines is 1. The van der Waals surface area contributed by atoms with Crippen LogP contribution in [0.2, 0.25) is 5.02 Å². The molecular weight excluding hydrogens is 326 g/mol. The van der Waals surface area contributed by atoms with Gasteiger partial charge in [-0.15, -0.1) is 0 Å². The highest BCUT2D eigenvalue weighted by molar-refractivity contribution is 9.10. The number of fused-ring (bicyclic) bond motifs is 1. The molecule has 0 radical (unpaired) electrons. The maximum atomic E-state index is 10.5. The van der Waals surface area contributed by atoms with Crippen molar-refractivity contribution in [2.75, 3.05) is 5.32 Å². The summed E-state index contributed by atoms with van der Waals surface area (Å²) in [5.74, 6) is 0. The number of hydrogen-bond acceptors (Lipinski definition) is 2. The van der Waals surface area contributed by atoms with Crippen LogP contribution in [-0.4, -0.2) is 11.1 Å². The van der Waals surface area contributed by atoms with E-state index in [0.29, 0.717) is 5.02 Å². The van der Waals surface area contributed by atoms with Crippen LogP contribution in [0.1, 0.15) is 17.2 Å². The molecule has 2 nitrogen and oxygen atoms in total. The summed E-state index contributed by atoms with van der Waals surface area (Å²) in [5, 5.41) is 14.5.